The average molecular weight is 246 g/mol. The van der Waals surface area contributed by atoms with Gasteiger partial charge in [0.05, 0.1) is 0 Å². The van der Waals surface area contributed by atoms with E-state index in [0.717, 1.165) is 32.1 Å². The fourth-order valence-electron chi connectivity index (χ4n) is 2.46. The van der Waals surface area contributed by atoms with Gasteiger partial charge < -0.3 is 0 Å². The topological polar surface area (TPSA) is 17.1 Å². The third-order valence-corrected chi connectivity index (χ3v) is 3.81. The molecule has 0 saturated carbocycles. The second kappa shape index (κ2) is 7.35. The summed E-state index contributed by atoms with van der Waals surface area (Å²) in [4.78, 5) is 11.7. The predicted octanol–water partition coefficient (Wildman–Crippen LogP) is 4.99. The molecule has 1 heteroatoms. The number of hydrogen-bond donors (Lipinski definition) is 0. The molecule has 1 aliphatic carbocycles. The van der Waals surface area contributed by atoms with E-state index < -0.39 is 0 Å². The number of allylic oxidation sites excluding steroid dienone is 6. The molecule has 1 unspecified atom stereocenters. The molecule has 1 aliphatic rings. The van der Waals surface area contributed by atoms with Gasteiger partial charge in [-0.3, -0.25) is 4.79 Å². The maximum Gasteiger partial charge on any atom is 0.136 e. The van der Waals surface area contributed by atoms with Crippen LogP contribution in [0.4, 0.5) is 0 Å². The molecule has 0 aromatic rings. The number of hydrogen-bond acceptors (Lipinski definition) is 1. The second-order valence-corrected chi connectivity index (χ2v) is 5.53. The van der Waals surface area contributed by atoms with Crippen LogP contribution in [0.3, 0.4) is 0 Å². The fourth-order valence-corrected chi connectivity index (χ4v) is 2.46. The average Bonchev–Trinajstić information content (AvgIpc) is 2.27. The minimum atomic E-state index is 0.112. The van der Waals surface area contributed by atoms with E-state index in [4.69, 9.17) is 0 Å². The van der Waals surface area contributed by atoms with E-state index in [0.29, 0.717) is 5.78 Å². The van der Waals surface area contributed by atoms with Crippen LogP contribution in [0.5, 0.6) is 0 Å². The van der Waals surface area contributed by atoms with E-state index in [1.165, 1.54) is 16.7 Å². The van der Waals surface area contributed by atoms with Crippen LogP contribution in [-0.2, 0) is 4.79 Å². The SMILES string of the molecule is CC(=O)C1CCC(C)=CCCC(C)=CCC=C1C. The van der Waals surface area contributed by atoms with Gasteiger partial charge in [0.25, 0.3) is 0 Å². The van der Waals surface area contributed by atoms with Gasteiger partial charge in [-0.05, 0) is 59.8 Å². The summed E-state index contributed by atoms with van der Waals surface area (Å²) in [5, 5.41) is 0. The number of carbonyl (C=O) groups is 1. The van der Waals surface area contributed by atoms with Gasteiger partial charge in [0, 0.05) is 5.92 Å². The van der Waals surface area contributed by atoms with Gasteiger partial charge in [-0.2, -0.15) is 0 Å². The summed E-state index contributed by atoms with van der Waals surface area (Å²) in [5.41, 5.74) is 4.10. The van der Waals surface area contributed by atoms with E-state index >= 15 is 0 Å². The van der Waals surface area contributed by atoms with Crippen molar-refractivity contribution in [3.8, 4) is 0 Å². The molecule has 0 fully saturated rings. The van der Waals surface area contributed by atoms with Crippen LogP contribution < -0.4 is 0 Å². The number of rotatable bonds is 1. The van der Waals surface area contributed by atoms with Crippen molar-refractivity contribution in [2.24, 2.45) is 5.92 Å². The summed E-state index contributed by atoms with van der Waals surface area (Å²) >= 11 is 0. The van der Waals surface area contributed by atoms with E-state index in [9.17, 15) is 4.79 Å². The molecule has 0 aliphatic heterocycles. The highest BCUT2D eigenvalue weighted by Crippen LogP contribution is 2.23. The Kier molecular flexibility index (Phi) is 6.11. The standard InChI is InChI=1S/C17H26O/c1-13-7-5-8-14(2)11-12-17(16(4)18)15(3)10-6-9-13/h8-10,17H,5-7,11-12H2,1-4H3. The van der Waals surface area contributed by atoms with E-state index in [1.807, 2.05) is 0 Å². The smallest absolute Gasteiger partial charge is 0.136 e. The van der Waals surface area contributed by atoms with Crippen LogP contribution in [-0.4, -0.2) is 5.78 Å². The highest BCUT2D eigenvalue weighted by atomic mass is 16.1. The molecule has 0 aromatic carbocycles. The number of carbonyl (C=O) groups excluding carboxylic acids is 1. The van der Waals surface area contributed by atoms with Gasteiger partial charge in [0.1, 0.15) is 5.78 Å². The minimum absolute atomic E-state index is 0.112. The minimum Gasteiger partial charge on any atom is -0.299 e. The zero-order valence-corrected chi connectivity index (χ0v) is 12.3. The van der Waals surface area contributed by atoms with Gasteiger partial charge in [0.15, 0.2) is 0 Å². The second-order valence-electron chi connectivity index (χ2n) is 5.53. The third-order valence-electron chi connectivity index (χ3n) is 3.81. The van der Waals surface area contributed by atoms with Gasteiger partial charge in [-0.15, -0.1) is 0 Å². The van der Waals surface area contributed by atoms with Crippen molar-refractivity contribution in [3.63, 3.8) is 0 Å². The zero-order chi connectivity index (χ0) is 13.5. The van der Waals surface area contributed by atoms with Crippen molar-refractivity contribution < 1.29 is 4.79 Å². The van der Waals surface area contributed by atoms with Crippen LogP contribution in [0.25, 0.3) is 0 Å². The number of Topliss-reactive ketones (excluding diaryl/α,β-unsaturated/α-hetero) is 1. The monoisotopic (exact) mass is 246 g/mol. The molecule has 1 rings (SSSR count). The largest absolute Gasteiger partial charge is 0.299 e. The molecule has 0 bridgehead atoms. The normalized spacial score (nSPS) is 23.1. The molecule has 1 nitrogen and oxygen atoms in total. The molecular weight excluding hydrogens is 220 g/mol. The third kappa shape index (κ3) is 5.03. The summed E-state index contributed by atoms with van der Waals surface area (Å²) in [6.07, 6.45) is 12.1. The molecule has 0 spiro atoms. The lowest BCUT2D eigenvalue weighted by atomic mass is 9.89. The summed E-state index contributed by atoms with van der Waals surface area (Å²) in [5.74, 6) is 0.413. The van der Waals surface area contributed by atoms with Gasteiger partial charge in [0.2, 0.25) is 0 Å². The first-order valence-electron chi connectivity index (χ1n) is 6.99. The van der Waals surface area contributed by atoms with Crippen LogP contribution in [0, 0.1) is 5.92 Å². The molecule has 0 N–H and O–H groups in total. The van der Waals surface area contributed by atoms with E-state index in [-0.39, 0.29) is 5.92 Å². The molecule has 1 atom stereocenters. The van der Waals surface area contributed by atoms with E-state index in [1.54, 1.807) is 6.92 Å². The van der Waals surface area contributed by atoms with Crippen molar-refractivity contribution in [2.45, 2.75) is 59.8 Å². The molecular formula is C17H26O. The molecule has 0 heterocycles. The van der Waals surface area contributed by atoms with Crippen LogP contribution in [0.2, 0.25) is 0 Å². The highest BCUT2D eigenvalue weighted by molar-refractivity contribution is 5.81. The van der Waals surface area contributed by atoms with Crippen molar-refractivity contribution in [2.75, 3.05) is 0 Å². The maximum atomic E-state index is 11.7. The van der Waals surface area contributed by atoms with Crippen LogP contribution >= 0.6 is 0 Å². The lowest BCUT2D eigenvalue weighted by Gasteiger charge is -2.15. The summed E-state index contributed by atoms with van der Waals surface area (Å²) < 4.78 is 0. The Hall–Kier alpha value is -1.11. The molecule has 100 valence electrons. The lowest BCUT2D eigenvalue weighted by molar-refractivity contribution is -0.119. The van der Waals surface area contributed by atoms with E-state index in [2.05, 4.69) is 39.0 Å². The van der Waals surface area contributed by atoms with Crippen LogP contribution in [0.15, 0.2) is 34.9 Å². The predicted molar refractivity (Wildman–Crippen MR) is 78.5 cm³/mol. The summed E-state index contributed by atoms with van der Waals surface area (Å²) in [6, 6.07) is 0. The Morgan fingerprint density at radius 2 is 1.72 bits per heavy atom. The molecule has 18 heavy (non-hydrogen) atoms. The molecule has 0 aromatic heterocycles. The van der Waals surface area contributed by atoms with Gasteiger partial charge >= 0.3 is 0 Å². The maximum absolute atomic E-state index is 11.7. The first-order chi connectivity index (χ1) is 8.50. The van der Waals surface area contributed by atoms with Gasteiger partial charge in [-0.1, -0.05) is 34.9 Å². The van der Waals surface area contributed by atoms with Crippen molar-refractivity contribution in [1.29, 1.82) is 0 Å². The highest BCUT2D eigenvalue weighted by Gasteiger charge is 2.15. The molecule has 0 amide bonds. The van der Waals surface area contributed by atoms with Crippen molar-refractivity contribution in [3.05, 3.63) is 34.9 Å². The first kappa shape index (κ1) is 14.9. The molecule has 0 radical (unpaired) electrons. The Morgan fingerprint density at radius 3 is 2.39 bits per heavy atom. The zero-order valence-electron chi connectivity index (χ0n) is 12.3. The Labute approximate surface area is 112 Å². The Morgan fingerprint density at radius 1 is 1.06 bits per heavy atom. The van der Waals surface area contributed by atoms with Crippen molar-refractivity contribution >= 4 is 5.78 Å². The fraction of sp³-hybridized carbons (Fsp3) is 0.588. The van der Waals surface area contributed by atoms with Crippen molar-refractivity contribution in [1.82, 2.24) is 0 Å². The quantitative estimate of drug-likeness (QED) is 0.595. The Balaban J connectivity index is 2.89. The lowest BCUT2D eigenvalue weighted by Crippen LogP contribution is -2.12. The number of ketones is 1. The van der Waals surface area contributed by atoms with Crippen LogP contribution in [0.1, 0.15) is 59.8 Å². The Bertz CT molecular complexity index is 382. The molecule has 0 saturated heterocycles. The first-order valence-corrected chi connectivity index (χ1v) is 6.99. The van der Waals surface area contributed by atoms with Gasteiger partial charge in [-0.25, -0.2) is 0 Å². The summed E-state index contributed by atoms with van der Waals surface area (Å²) in [7, 11) is 0. The summed E-state index contributed by atoms with van der Waals surface area (Å²) in [6.45, 7) is 8.19.